The Balaban J connectivity index is 1.70. The van der Waals surface area contributed by atoms with Crippen molar-refractivity contribution in [3.63, 3.8) is 0 Å². The number of hydrogen-bond acceptors (Lipinski definition) is 6. The van der Waals surface area contributed by atoms with Crippen molar-refractivity contribution >= 4 is 12.2 Å². The van der Waals surface area contributed by atoms with E-state index in [1.807, 2.05) is 6.07 Å². The van der Waals surface area contributed by atoms with E-state index < -0.39 is 29.2 Å². The molecule has 0 aliphatic carbocycles. The lowest BCUT2D eigenvalue weighted by Gasteiger charge is -2.39. The maximum atomic E-state index is 14.7. The molecule has 0 radical (unpaired) electrons. The Morgan fingerprint density at radius 3 is 2.71 bits per heavy atom. The number of morpholine rings is 1. The van der Waals surface area contributed by atoms with Gasteiger partial charge in [0.15, 0.2) is 17.5 Å². The number of rotatable bonds is 6. The summed E-state index contributed by atoms with van der Waals surface area (Å²) in [4.78, 5) is 29.5. The Hall–Kier alpha value is -3.43. The first-order valence-electron chi connectivity index (χ1n) is 9.61. The molecule has 2 unspecified atom stereocenters. The molecule has 0 bridgehead atoms. The highest BCUT2D eigenvalue weighted by Crippen LogP contribution is 2.30. The van der Waals surface area contributed by atoms with Crippen LogP contribution in [-0.4, -0.2) is 43.0 Å². The van der Waals surface area contributed by atoms with E-state index in [0.717, 1.165) is 18.4 Å². The minimum absolute atomic E-state index is 0.101. The van der Waals surface area contributed by atoms with Gasteiger partial charge < -0.3 is 24.6 Å². The van der Waals surface area contributed by atoms with Crippen LogP contribution in [0, 0.1) is 11.6 Å². The van der Waals surface area contributed by atoms with Crippen molar-refractivity contribution in [2.24, 2.45) is 0 Å². The molecule has 2 atom stereocenters. The van der Waals surface area contributed by atoms with E-state index in [1.165, 1.54) is 0 Å². The first-order chi connectivity index (χ1) is 15.0. The third kappa shape index (κ3) is 4.10. The van der Waals surface area contributed by atoms with E-state index in [9.17, 15) is 18.4 Å². The topological polar surface area (TPSA) is 93.5 Å². The first-order valence-corrected chi connectivity index (χ1v) is 9.61. The zero-order valence-corrected chi connectivity index (χ0v) is 16.3. The van der Waals surface area contributed by atoms with E-state index in [4.69, 9.17) is 9.15 Å². The third-order valence-electron chi connectivity index (χ3n) is 5.08. The fourth-order valence-electron chi connectivity index (χ4n) is 3.52. The molecule has 9 heteroatoms. The predicted octanol–water partition coefficient (Wildman–Crippen LogP) is 2.43. The number of halogens is 2. The zero-order chi connectivity index (χ0) is 21.8. The van der Waals surface area contributed by atoms with Crippen LogP contribution in [0.5, 0.6) is 0 Å². The van der Waals surface area contributed by atoms with Crippen LogP contribution in [0.2, 0.25) is 0 Å². The molecule has 0 spiro atoms. The van der Waals surface area contributed by atoms with Crippen molar-refractivity contribution in [3.8, 4) is 11.5 Å². The Morgan fingerprint density at radius 1 is 1.23 bits per heavy atom. The average molecular weight is 427 g/mol. The molecule has 4 rings (SSSR count). The Morgan fingerprint density at radius 2 is 2.03 bits per heavy atom. The van der Waals surface area contributed by atoms with Crippen molar-refractivity contribution in [3.05, 3.63) is 77.7 Å². The smallest absolute Gasteiger partial charge is 0.274 e. The van der Waals surface area contributed by atoms with E-state index in [1.54, 1.807) is 24.3 Å². The van der Waals surface area contributed by atoms with Crippen molar-refractivity contribution in [2.45, 2.75) is 11.6 Å². The maximum absolute atomic E-state index is 14.7. The molecule has 31 heavy (non-hydrogen) atoms. The fourth-order valence-corrected chi connectivity index (χ4v) is 3.52. The van der Waals surface area contributed by atoms with Crippen molar-refractivity contribution in [1.82, 2.24) is 15.6 Å². The highest BCUT2D eigenvalue weighted by Gasteiger charge is 2.46. The molecule has 3 aromatic rings. The van der Waals surface area contributed by atoms with Crippen LogP contribution < -0.4 is 10.6 Å². The summed E-state index contributed by atoms with van der Waals surface area (Å²) in [5.74, 6) is -2.34. The quantitative estimate of drug-likeness (QED) is 0.587. The highest BCUT2D eigenvalue weighted by atomic mass is 19.1. The number of hydrogen-bond donors (Lipinski definition) is 2. The van der Waals surface area contributed by atoms with Crippen molar-refractivity contribution < 1.29 is 27.5 Å². The SMILES string of the molecule is O=CC(NC(=O)c1coc(-c2ccccc2)n1)(c1ccc(F)cc1F)C1CNCCO1. The van der Waals surface area contributed by atoms with Crippen molar-refractivity contribution in [1.29, 1.82) is 0 Å². The number of amides is 1. The summed E-state index contributed by atoms with van der Waals surface area (Å²) < 4.78 is 39.3. The van der Waals surface area contributed by atoms with Crippen LogP contribution in [0.25, 0.3) is 11.5 Å². The molecule has 2 aromatic carbocycles. The van der Waals surface area contributed by atoms with Crippen LogP contribution in [-0.2, 0) is 15.1 Å². The van der Waals surface area contributed by atoms with E-state index in [2.05, 4.69) is 15.6 Å². The lowest BCUT2D eigenvalue weighted by Crippen LogP contribution is -2.61. The van der Waals surface area contributed by atoms with Gasteiger partial charge in [-0.15, -0.1) is 0 Å². The molecular weight excluding hydrogens is 408 g/mol. The molecule has 1 saturated heterocycles. The van der Waals surface area contributed by atoms with E-state index in [0.29, 0.717) is 24.5 Å². The van der Waals surface area contributed by atoms with Gasteiger partial charge in [0.25, 0.3) is 5.91 Å². The van der Waals surface area contributed by atoms with Gasteiger partial charge in [-0.1, -0.05) is 24.3 Å². The number of nitrogens with zero attached hydrogens (tertiary/aromatic N) is 1. The van der Waals surface area contributed by atoms with Crippen molar-refractivity contribution in [2.75, 3.05) is 19.7 Å². The molecule has 2 heterocycles. The van der Waals surface area contributed by atoms with Gasteiger partial charge in [-0.25, -0.2) is 13.8 Å². The minimum Gasteiger partial charge on any atom is -0.444 e. The Labute approximate surface area is 176 Å². The van der Waals surface area contributed by atoms with Crippen LogP contribution in [0.15, 0.2) is 59.2 Å². The number of carbonyl (C=O) groups is 2. The first kappa shape index (κ1) is 20.8. The monoisotopic (exact) mass is 427 g/mol. The minimum atomic E-state index is -1.91. The molecule has 1 aliphatic heterocycles. The van der Waals surface area contributed by atoms with Gasteiger partial charge in [0.05, 0.1) is 6.61 Å². The normalized spacial score (nSPS) is 18.2. The number of benzene rings is 2. The second-order valence-corrected chi connectivity index (χ2v) is 7.03. The standard InChI is InChI=1S/C22H19F2N3O4/c23-15-6-7-16(17(24)10-15)22(13-28,19-11-25-8-9-30-19)27-20(29)18-12-31-21(26-18)14-4-2-1-3-5-14/h1-7,10,12-13,19,25H,8-9,11H2,(H,27,29). The van der Waals surface area contributed by atoms with Gasteiger partial charge in [-0.3, -0.25) is 4.79 Å². The van der Waals surface area contributed by atoms with Crippen LogP contribution in [0.1, 0.15) is 16.1 Å². The molecule has 0 saturated carbocycles. The number of aromatic nitrogens is 1. The van der Waals surface area contributed by atoms with E-state index >= 15 is 0 Å². The lowest BCUT2D eigenvalue weighted by atomic mass is 9.84. The highest BCUT2D eigenvalue weighted by molar-refractivity contribution is 5.95. The summed E-state index contributed by atoms with van der Waals surface area (Å²) in [5, 5.41) is 5.60. The largest absolute Gasteiger partial charge is 0.444 e. The number of carbonyl (C=O) groups excluding carboxylic acids is 2. The van der Waals surface area contributed by atoms with Gasteiger partial charge in [-0.2, -0.15) is 0 Å². The summed E-state index contributed by atoms with van der Waals surface area (Å²) in [6, 6.07) is 11.7. The summed E-state index contributed by atoms with van der Waals surface area (Å²) in [7, 11) is 0. The number of oxazole rings is 1. The van der Waals surface area contributed by atoms with Gasteiger partial charge in [0.2, 0.25) is 5.89 Å². The second kappa shape index (κ2) is 8.75. The molecular formula is C22H19F2N3O4. The predicted molar refractivity (Wildman–Crippen MR) is 106 cm³/mol. The Kier molecular flexibility index (Phi) is 5.88. The fraction of sp³-hybridized carbons (Fsp3) is 0.227. The third-order valence-corrected chi connectivity index (χ3v) is 5.08. The maximum Gasteiger partial charge on any atom is 0.274 e. The van der Waals surface area contributed by atoms with Gasteiger partial charge in [0.1, 0.15) is 24.0 Å². The van der Waals surface area contributed by atoms with E-state index in [-0.39, 0.29) is 30.3 Å². The summed E-state index contributed by atoms with van der Waals surface area (Å²) >= 11 is 0. The van der Waals surface area contributed by atoms with Gasteiger partial charge in [-0.05, 0) is 18.2 Å². The zero-order valence-electron chi connectivity index (χ0n) is 16.3. The summed E-state index contributed by atoms with van der Waals surface area (Å²) in [5.41, 5.74) is -1.56. The molecule has 160 valence electrons. The van der Waals surface area contributed by atoms with Crippen LogP contribution in [0.4, 0.5) is 8.78 Å². The molecule has 1 fully saturated rings. The summed E-state index contributed by atoms with van der Waals surface area (Å²) in [6.45, 7) is 0.958. The summed E-state index contributed by atoms with van der Waals surface area (Å²) in [6.07, 6.45) is 0.619. The lowest BCUT2D eigenvalue weighted by molar-refractivity contribution is -0.122. The van der Waals surface area contributed by atoms with Crippen LogP contribution in [0.3, 0.4) is 0 Å². The Bertz CT molecular complexity index is 1080. The molecule has 2 N–H and O–H groups in total. The van der Waals surface area contributed by atoms with Crippen LogP contribution >= 0.6 is 0 Å². The number of aldehydes is 1. The number of nitrogens with one attached hydrogen (secondary N) is 2. The second-order valence-electron chi connectivity index (χ2n) is 7.03. The molecule has 1 aromatic heterocycles. The van der Waals surface area contributed by atoms with Gasteiger partial charge >= 0.3 is 0 Å². The average Bonchev–Trinajstić information content (AvgIpc) is 3.30. The van der Waals surface area contributed by atoms with Gasteiger partial charge in [0, 0.05) is 30.3 Å². The number of ether oxygens (including phenoxy) is 1. The molecule has 1 aliphatic rings. The molecule has 1 amide bonds. The molecule has 7 nitrogen and oxygen atoms in total.